The Kier molecular flexibility index (Phi) is 8.95. The van der Waals surface area contributed by atoms with Gasteiger partial charge in [0.2, 0.25) is 10.0 Å². The van der Waals surface area contributed by atoms with Crippen molar-refractivity contribution < 1.29 is 22.7 Å². The summed E-state index contributed by atoms with van der Waals surface area (Å²) in [6.45, 7) is 5.09. The van der Waals surface area contributed by atoms with Gasteiger partial charge in [-0.15, -0.1) is 0 Å². The van der Waals surface area contributed by atoms with Crippen LogP contribution in [0.15, 0.2) is 89.8 Å². The maximum absolute atomic E-state index is 13.7. The number of hydrogen-bond donors (Lipinski definition) is 0. The van der Waals surface area contributed by atoms with Crippen molar-refractivity contribution >= 4 is 21.8 Å². The van der Waals surface area contributed by atoms with E-state index in [1.165, 1.54) is 12.1 Å². The van der Waals surface area contributed by atoms with Crippen LogP contribution in [0.3, 0.4) is 0 Å². The zero-order valence-electron chi connectivity index (χ0n) is 20.3. The van der Waals surface area contributed by atoms with E-state index in [0.29, 0.717) is 5.56 Å². The summed E-state index contributed by atoms with van der Waals surface area (Å²) in [5.74, 6) is -1.10. The molecule has 0 heterocycles. The molecule has 0 spiro atoms. The number of esters is 1. The molecule has 0 aliphatic rings. The number of benzene rings is 3. The van der Waals surface area contributed by atoms with E-state index in [-0.39, 0.29) is 29.6 Å². The van der Waals surface area contributed by atoms with Crippen molar-refractivity contribution in [3.05, 3.63) is 102 Å². The van der Waals surface area contributed by atoms with Gasteiger partial charge in [-0.2, -0.15) is 4.31 Å². The minimum Gasteiger partial charge on any atom is -0.460 e. The number of aryl methyl sites for hydroxylation is 1. The van der Waals surface area contributed by atoms with Gasteiger partial charge in [-0.05, 0) is 30.5 Å². The van der Waals surface area contributed by atoms with E-state index in [0.717, 1.165) is 15.4 Å². The molecule has 0 saturated heterocycles. The average molecular weight is 494 g/mol. The number of ether oxygens (including phenoxy) is 1. The second kappa shape index (κ2) is 11.9. The normalized spacial score (nSPS) is 12.5. The summed E-state index contributed by atoms with van der Waals surface area (Å²) in [7, 11) is -4.09. The van der Waals surface area contributed by atoms with E-state index in [1.807, 2.05) is 57.2 Å². The lowest BCUT2D eigenvalue weighted by Crippen LogP contribution is -2.47. The summed E-state index contributed by atoms with van der Waals surface area (Å²) in [6.07, 6.45) is -0.0568. The Morgan fingerprint density at radius 2 is 1.43 bits per heavy atom. The highest BCUT2D eigenvalue weighted by Crippen LogP contribution is 2.26. The molecule has 0 aliphatic heterocycles. The van der Waals surface area contributed by atoms with Crippen LogP contribution >= 0.6 is 0 Å². The Balaban J connectivity index is 1.90. The highest BCUT2D eigenvalue weighted by Gasteiger charge is 2.36. The number of Topliss-reactive ketones (excluding diaryl/α,β-unsaturated/α-hetero) is 1. The first-order valence-electron chi connectivity index (χ1n) is 11.5. The molecule has 0 radical (unpaired) electrons. The van der Waals surface area contributed by atoms with E-state index in [4.69, 9.17) is 4.74 Å². The molecule has 0 bridgehead atoms. The molecule has 1 atom stereocenters. The average Bonchev–Trinajstić information content (AvgIpc) is 2.86. The summed E-state index contributed by atoms with van der Waals surface area (Å²) < 4.78 is 34.0. The largest absolute Gasteiger partial charge is 0.460 e. The fraction of sp³-hybridized carbons (Fsp3) is 0.286. The van der Waals surface area contributed by atoms with Gasteiger partial charge in [-0.3, -0.25) is 9.59 Å². The van der Waals surface area contributed by atoms with Crippen LogP contribution in [0.2, 0.25) is 0 Å². The number of carbonyl (C=O) groups excluding carboxylic acids is 2. The Labute approximate surface area is 207 Å². The van der Waals surface area contributed by atoms with E-state index < -0.39 is 28.6 Å². The van der Waals surface area contributed by atoms with Crippen LogP contribution in [-0.2, 0) is 26.2 Å². The third kappa shape index (κ3) is 7.10. The molecule has 0 N–H and O–H groups in total. The Morgan fingerprint density at radius 1 is 0.857 bits per heavy atom. The van der Waals surface area contributed by atoms with E-state index in [9.17, 15) is 18.0 Å². The van der Waals surface area contributed by atoms with E-state index in [1.54, 1.807) is 36.4 Å². The molecule has 35 heavy (non-hydrogen) atoms. The van der Waals surface area contributed by atoms with Gasteiger partial charge in [0.1, 0.15) is 13.2 Å². The molecule has 1 unspecified atom stereocenters. The third-order valence-corrected chi connectivity index (χ3v) is 7.67. The monoisotopic (exact) mass is 493 g/mol. The lowest BCUT2D eigenvalue weighted by Gasteiger charge is -2.32. The van der Waals surface area contributed by atoms with Gasteiger partial charge < -0.3 is 4.74 Å². The van der Waals surface area contributed by atoms with Gasteiger partial charge in [-0.25, -0.2) is 8.42 Å². The van der Waals surface area contributed by atoms with Gasteiger partial charge >= 0.3 is 5.97 Å². The predicted octanol–water partition coefficient (Wildman–Crippen LogP) is 5.03. The van der Waals surface area contributed by atoms with Gasteiger partial charge in [0, 0.05) is 18.0 Å². The van der Waals surface area contributed by atoms with Crippen molar-refractivity contribution in [1.29, 1.82) is 0 Å². The van der Waals surface area contributed by atoms with Gasteiger partial charge in [0.05, 0.1) is 4.90 Å². The second-order valence-corrected chi connectivity index (χ2v) is 10.7. The maximum atomic E-state index is 13.7. The molecule has 7 heteroatoms. The minimum absolute atomic E-state index is 0.0351. The summed E-state index contributed by atoms with van der Waals surface area (Å²) in [5, 5.41) is 0. The quantitative estimate of drug-likeness (QED) is 0.277. The number of rotatable bonds is 11. The van der Waals surface area contributed by atoms with Crippen LogP contribution in [-0.4, -0.2) is 37.1 Å². The van der Waals surface area contributed by atoms with Gasteiger partial charge in [-0.1, -0.05) is 92.2 Å². The van der Waals surface area contributed by atoms with Crippen LogP contribution in [0.1, 0.15) is 41.8 Å². The number of carbonyl (C=O) groups is 2. The maximum Gasteiger partial charge on any atom is 0.321 e. The smallest absolute Gasteiger partial charge is 0.321 e. The Morgan fingerprint density at radius 3 is 2.00 bits per heavy atom. The molecule has 3 rings (SSSR count). The fourth-order valence-electron chi connectivity index (χ4n) is 3.74. The van der Waals surface area contributed by atoms with Crippen LogP contribution in [0.25, 0.3) is 0 Å². The van der Waals surface area contributed by atoms with Crippen molar-refractivity contribution in [2.75, 3.05) is 6.54 Å². The molecule has 0 saturated carbocycles. The number of hydrogen-bond acceptors (Lipinski definition) is 5. The molecule has 3 aromatic rings. The van der Waals surface area contributed by atoms with Crippen molar-refractivity contribution in [3.63, 3.8) is 0 Å². The first-order valence-corrected chi connectivity index (χ1v) is 13.0. The molecule has 6 nitrogen and oxygen atoms in total. The molecule has 0 aliphatic carbocycles. The second-order valence-electron chi connectivity index (χ2n) is 8.81. The highest BCUT2D eigenvalue weighted by molar-refractivity contribution is 7.89. The summed E-state index contributed by atoms with van der Waals surface area (Å²) in [6, 6.07) is 23.6. The molecule has 0 amide bonds. The van der Waals surface area contributed by atoms with E-state index >= 15 is 0 Å². The molecule has 0 fully saturated rings. The van der Waals surface area contributed by atoms with Crippen molar-refractivity contribution in [1.82, 2.24) is 4.31 Å². The first-order chi connectivity index (χ1) is 16.7. The predicted molar refractivity (Wildman–Crippen MR) is 135 cm³/mol. The number of ketones is 1. The lowest BCUT2D eigenvalue weighted by atomic mass is 9.95. The van der Waals surface area contributed by atoms with E-state index in [2.05, 4.69) is 0 Å². The highest BCUT2D eigenvalue weighted by atomic mass is 32.2. The molecular weight excluding hydrogens is 462 g/mol. The molecule has 184 valence electrons. The molecule has 3 aromatic carbocycles. The van der Waals surface area contributed by atoms with Gasteiger partial charge in [0.25, 0.3) is 0 Å². The van der Waals surface area contributed by atoms with Crippen LogP contribution < -0.4 is 0 Å². The number of nitrogens with zero attached hydrogens (tertiary/aromatic N) is 1. The third-order valence-electron chi connectivity index (χ3n) is 5.78. The summed E-state index contributed by atoms with van der Waals surface area (Å²) >= 11 is 0. The topological polar surface area (TPSA) is 80.8 Å². The van der Waals surface area contributed by atoms with Crippen LogP contribution in [0, 0.1) is 12.8 Å². The zero-order chi connectivity index (χ0) is 25.4. The molecule has 0 aromatic heterocycles. The lowest BCUT2D eigenvalue weighted by molar-refractivity contribution is -0.145. The summed E-state index contributed by atoms with van der Waals surface area (Å²) in [5.41, 5.74) is 2.21. The Bertz CT molecular complexity index is 1220. The number of sulfonamides is 1. The summed E-state index contributed by atoms with van der Waals surface area (Å²) in [4.78, 5) is 25.9. The van der Waals surface area contributed by atoms with Crippen LogP contribution in [0.4, 0.5) is 0 Å². The van der Waals surface area contributed by atoms with Crippen LogP contribution in [0.5, 0.6) is 0 Å². The fourth-order valence-corrected chi connectivity index (χ4v) is 5.44. The molecular formula is C28H31NO5S. The Hall–Kier alpha value is -3.29. The van der Waals surface area contributed by atoms with Gasteiger partial charge in [0.15, 0.2) is 5.78 Å². The standard InChI is InChI=1S/C28H31NO5S/c1-21(2)26(18-27(30)24-12-8-5-9-13-24)29(35(32,33)25-16-14-22(3)15-17-25)19-28(31)34-20-23-10-6-4-7-11-23/h4-17,21,26H,18-20H2,1-3H3. The first kappa shape index (κ1) is 26.3. The minimum atomic E-state index is -4.09. The van der Waals surface area contributed by atoms with Crippen molar-refractivity contribution in [2.24, 2.45) is 5.92 Å². The van der Waals surface area contributed by atoms with Crippen molar-refractivity contribution in [3.8, 4) is 0 Å². The zero-order valence-corrected chi connectivity index (χ0v) is 21.1. The van der Waals surface area contributed by atoms with Crippen molar-refractivity contribution in [2.45, 2.75) is 44.7 Å². The SMILES string of the molecule is Cc1ccc(S(=O)(=O)N(CC(=O)OCc2ccccc2)C(CC(=O)c2ccccc2)C(C)C)cc1.